The van der Waals surface area contributed by atoms with E-state index in [0.29, 0.717) is 12.6 Å². The highest BCUT2D eigenvalue weighted by Gasteiger charge is 2.29. The summed E-state index contributed by atoms with van der Waals surface area (Å²) in [5.41, 5.74) is 1.18. The zero-order chi connectivity index (χ0) is 13.7. The minimum atomic E-state index is 0.0540. The summed E-state index contributed by atoms with van der Waals surface area (Å²) in [6.45, 7) is 2.84. The molecule has 0 unspecified atom stereocenters. The standard InChI is InChI=1S/C14H22N2OS2/c1-3-19-13-5-4-12(8-13)16(2)14(17)15-9-11-6-7-18-10-11/h6-7,10,12-13H,3-5,8-9H2,1-2H3,(H,15,17)/t12-,13-/m0/s1. The molecule has 0 aromatic carbocycles. The first-order chi connectivity index (χ1) is 9.20. The highest BCUT2D eigenvalue weighted by atomic mass is 32.2. The number of amides is 2. The van der Waals surface area contributed by atoms with Crippen molar-refractivity contribution in [3.05, 3.63) is 22.4 Å². The number of hydrogen-bond donors (Lipinski definition) is 1. The molecule has 1 aliphatic rings. The maximum Gasteiger partial charge on any atom is 0.317 e. The molecule has 1 aliphatic carbocycles. The average Bonchev–Trinajstić information content (AvgIpc) is 3.06. The molecule has 0 saturated heterocycles. The minimum absolute atomic E-state index is 0.0540. The quantitative estimate of drug-likeness (QED) is 0.901. The van der Waals surface area contributed by atoms with Crippen LogP contribution in [-0.4, -0.2) is 35.0 Å². The third kappa shape index (κ3) is 4.14. The molecule has 19 heavy (non-hydrogen) atoms. The summed E-state index contributed by atoms with van der Waals surface area (Å²) in [6, 6.07) is 2.51. The first-order valence-corrected chi connectivity index (χ1v) is 8.83. The topological polar surface area (TPSA) is 32.3 Å². The largest absolute Gasteiger partial charge is 0.334 e. The molecule has 1 aromatic heterocycles. The lowest BCUT2D eigenvalue weighted by Crippen LogP contribution is -2.42. The molecule has 0 radical (unpaired) electrons. The van der Waals surface area contributed by atoms with E-state index in [0.717, 1.165) is 18.1 Å². The molecule has 2 rings (SSSR count). The normalized spacial score (nSPS) is 22.4. The monoisotopic (exact) mass is 298 g/mol. The molecule has 106 valence electrons. The van der Waals surface area contributed by atoms with Crippen LogP contribution in [0.5, 0.6) is 0 Å². The number of urea groups is 1. The molecule has 5 heteroatoms. The van der Waals surface area contributed by atoms with Gasteiger partial charge in [-0.3, -0.25) is 0 Å². The Morgan fingerprint density at radius 2 is 2.42 bits per heavy atom. The summed E-state index contributed by atoms with van der Waals surface area (Å²) in [5, 5.41) is 7.84. The maximum atomic E-state index is 12.1. The van der Waals surface area contributed by atoms with Gasteiger partial charge in [0.15, 0.2) is 0 Å². The van der Waals surface area contributed by atoms with Crippen molar-refractivity contribution in [2.24, 2.45) is 0 Å². The number of rotatable bonds is 5. The van der Waals surface area contributed by atoms with Crippen LogP contribution >= 0.6 is 23.1 Å². The van der Waals surface area contributed by atoms with Crippen LogP contribution in [-0.2, 0) is 6.54 Å². The molecule has 2 amide bonds. The van der Waals surface area contributed by atoms with Gasteiger partial charge in [-0.15, -0.1) is 0 Å². The Balaban J connectivity index is 1.76. The second-order valence-corrected chi connectivity index (χ2v) is 7.30. The Hall–Kier alpha value is -0.680. The number of carbonyl (C=O) groups excluding carboxylic acids is 1. The Morgan fingerprint density at radius 3 is 3.11 bits per heavy atom. The van der Waals surface area contributed by atoms with E-state index in [-0.39, 0.29) is 6.03 Å². The zero-order valence-corrected chi connectivity index (χ0v) is 13.2. The summed E-state index contributed by atoms with van der Waals surface area (Å²) < 4.78 is 0. The molecule has 1 N–H and O–H groups in total. The number of carbonyl (C=O) groups is 1. The summed E-state index contributed by atoms with van der Waals surface area (Å²) in [4.78, 5) is 14.0. The lowest BCUT2D eigenvalue weighted by atomic mass is 10.2. The van der Waals surface area contributed by atoms with E-state index in [1.165, 1.54) is 17.7 Å². The summed E-state index contributed by atoms with van der Waals surface area (Å²) in [5.74, 6) is 1.17. The van der Waals surface area contributed by atoms with Crippen molar-refractivity contribution in [1.29, 1.82) is 0 Å². The van der Waals surface area contributed by atoms with E-state index in [9.17, 15) is 4.79 Å². The lowest BCUT2D eigenvalue weighted by molar-refractivity contribution is 0.190. The third-order valence-electron chi connectivity index (χ3n) is 3.65. The predicted molar refractivity (Wildman–Crippen MR) is 83.9 cm³/mol. The van der Waals surface area contributed by atoms with Crippen LogP contribution in [0.25, 0.3) is 0 Å². The number of thioether (sulfide) groups is 1. The van der Waals surface area contributed by atoms with Gasteiger partial charge in [0.25, 0.3) is 0 Å². The van der Waals surface area contributed by atoms with Crippen LogP contribution in [0.4, 0.5) is 4.79 Å². The van der Waals surface area contributed by atoms with Crippen molar-refractivity contribution in [2.75, 3.05) is 12.8 Å². The van der Waals surface area contributed by atoms with E-state index >= 15 is 0 Å². The minimum Gasteiger partial charge on any atom is -0.334 e. The molecule has 1 fully saturated rings. The number of nitrogens with zero attached hydrogens (tertiary/aromatic N) is 1. The summed E-state index contributed by atoms with van der Waals surface area (Å²) in [7, 11) is 1.92. The number of nitrogens with one attached hydrogen (secondary N) is 1. The molecule has 0 aliphatic heterocycles. The van der Waals surface area contributed by atoms with Gasteiger partial charge < -0.3 is 10.2 Å². The van der Waals surface area contributed by atoms with Gasteiger partial charge in [0.1, 0.15) is 0 Å². The molecule has 1 saturated carbocycles. The second kappa shape index (κ2) is 7.20. The first kappa shape index (κ1) is 14.7. The van der Waals surface area contributed by atoms with Crippen LogP contribution in [0.2, 0.25) is 0 Å². The van der Waals surface area contributed by atoms with Gasteiger partial charge in [0.05, 0.1) is 0 Å². The van der Waals surface area contributed by atoms with Gasteiger partial charge in [-0.1, -0.05) is 6.92 Å². The molecule has 1 heterocycles. The van der Waals surface area contributed by atoms with Crippen molar-refractivity contribution in [3.63, 3.8) is 0 Å². The van der Waals surface area contributed by atoms with E-state index in [1.807, 2.05) is 29.1 Å². The molecule has 3 nitrogen and oxygen atoms in total. The van der Waals surface area contributed by atoms with Gasteiger partial charge in [-0.2, -0.15) is 23.1 Å². The van der Waals surface area contributed by atoms with Crippen molar-refractivity contribution in [3.8, 4) is 0 Å². The molecule has 0 bridgehead atoms. The highest BCUT2D eigenvalue weighted by Crippen LogP contribution is 2.32. The predicted octanol–water partition coefficient (Wildman–Crippen LogP) is 3.56. The zero-order valence-electron chi connectivity index (χ0n) is 11.6. The number of hydrogen-bond acceptors (Lipinski definition) is 3. The molecule has 1 aromatic rings. The number of thiophene rings is 1. The lowest BCUT2D eigenvalue weighted by Gasteiger charge is -2.25. The fourth-order valence-corrected chi connectivity index (χ4v) is 4.32. The van der Waals surface area contributed by atoms with Crippen LogP contribution in [0, 0.1) is 0 Å². The summed E-state index contributed by atoms with van der Waals surface area (Å²) >= 11 is 3.69. The van der Waals surface area contributed by atoms with Crippen LogP contribution in [0.3, 0.4) is 0 Å². The molecular formula is C14H22N2OS2. The Kier molecular flexibility index (Phi) is 5.58. The van der Waals surface area contributed by atoms with Crippen molar-refractivity contribution in [1.82, 2.24) is 10.2 Å². The van der Waals surface area contributed by atoms with Crippen molar-refractivity contribution in [2.45, 2.75) is 44.0 Å². The van der Waals surface area contributed by atoms with E-state index < -0.39 is 0 Å². The van der Waals surface area contributed by atoms with Gasteiger partial charge >= 0.3 is 6.03 Å². The average molecular weight is 298 g/mol. The highest BCUT2D eigenvalue weighted by molar-refractivity contribution is 7.99. The van der Waals surface area contributed by atoms with Crippen LogP contribution < -0.4 is 5.32 Å². The van der Waals surface area contributed by atoms with E-state index in [4.69, 9.17) is 0 Å². The molecular weight excluding hydrogens is 276 g/mol. The summed E-state index contributed by atoms with van der Waals surface area (Å²) in [6.07, 6.45) is 3.52. The van der Waals surface area contributed by atoms with E-state index in [2.05, 4.69) is 23.7 Å². The Morgan fingerprint density at radius 1 is 1.58 bits per heavy atom. The fourth-order valence-electron chi connectivity index (χ4n) is 2.52. The maximum absolute atomic E-state index is 12.1. The van der Waals surface area contributed by atoms with Crippen molar-refractivity contribution >= 4 is 29.1 Å². The van der Waals surface area contributed by atoms with Gasteiger partial charge in [0, 0.05) is 24.9 Å². The van der Waals surface area contributed by atoms with Crippen molar-refractivity contribution < 1.29 is 4.79 Å². The fraction of sp³-hybridized carbons (Fsp3) is 0.643. The SMILES string of the molecule is CCS[C@H]1CC[C@H](N(C)C(=O)NCc2ccsc2)C1. The smallest absolute Gasteiger partial charge is 0.317 e. The third-order valence-corrected chi connectivity index (χ3v) is 5.62. The van der Waals surface area contributed by atoms with Crippen LogP contribution in [0.15, 0.2) is 16.8 Å². The molecule has 2 atom stereocenters. The Bertz CT molecular complexity index is 394. The van der Waals surface area contributed by atoms with Gasteiger partial charge in [0.2, 0.25) is 0 Å². The second-order valence-electron chi connectivity index (χ2n) is 4.95. The van der Waals surface area contributed by atoms with Crippen LogP contribution in [0.1, 0.15) is 31.7 Å². The van der Waals surface area contributed by atoms with Gasteiger partial charge in [-0.25, -0.2) is 4.79 Å². The van der Waals surface area contributed by atoms with Gasteiger partial charge in [-0.05, 0) is 47.4 Å². The van der Waals surface area contributed by atoms with E-state index in [1.54, 1.807) is 11.3 Å². The Labute approximate surface area is 123 Å². The molecule has 0 spiro atoms. The first-order valence-electron chi connectivity index (χ1n) is 6.84.